The summed E-state index contributed by atoms with van der Waals surface area (Å²) in [5.74, 6) is -0.815. The summed E-state index contributed by atoms with van der Waals surface area (Å²) in [7, 11) is 1.75. The van der Waals surface area contributed by atoms with Gasteiger partial charge in [0.2, 0.25) is 0 Å². The van der Waals surface area contributed by atoms with Crippen molar-refractivity contribution >= 4 is 22.6 Å². The van der Waals surface area contributed by atoms with Crippen LogP contribution in [0.3, 0.4) is 0 Å². The molecule has 4 rings (SSSR count). The summed E-state index contributed by atoms with van der Waals surface area (Å²) in [5, 5.41) is 11.7. The van der Waals surface area contributed by atoms with Crippen LogP contribution in [0.15, 0.2) is 24.5 Å². The second kappa shape index (κ2) is 8.72. The van der Waals surface area contributed by atoms with Gasteiger partial charge in [-0.05, 0) is 25.6 Å². The molecule has 0 aliphatic carbocycles. The van der Waals surface area contributed by atoms with Crippen molar-refractivity contribution in [3.8, 4) is 6.07 Å². The zero-order valence-electron chi connectivity index (χ0n) is 17.8. The summed E-state index contributed by atoms with van der Waals surface area (Å²) in [6, 6.07) is 4.91. The van der Waals surface area contributed by atoms with Crippen LogP contribution >= 0.6 is 0 Å². The number of benzene rings is 1. The summed E-state index contributed by atoms with van der Waals surface area (Å²) < 4.78 is 60.8. The molecule has 176 valence electrons. The lowest BCUT2D eigenvalue weighted by molar-refractivity contribution is -0.234. The largest absolute Gasteiger partial charge is 0.416 e. The van der Waals surface area contributed by atoms with Crippen LogP contribution in [-0.4, -0.2) is 84.6 Å². The van der Waals surface area contributed by atoms with E-state index in [9.17, 15) is 27.6 Å². The molecule has 8 nitrogen and oxygen atoms in total. The highest BCUT2D eigenvalue weighted by Gasteiger charge is 2.48. The first-order valence-electron chi connectivity index (χ1n) is 10.4. The number of likely N-dealkylation sites (tertiary alicyclic amines) is 1. The Morgan fingerprint density at radius 1 is 1.30 bits per heavy atom. The van der Waals surface area contributed by atoms with Crippen molar-refractivity contribution in [2.24, 2.45) is 0 Å². The molecule has 12 heteroatoms. The van der Waals surface area contributed by atoms with Crippen LogP contribution in [0.5, 0.6) is 0 Å². The van der Waals surface area contributed by atoms with E-state index >= 15 is 0 Å². The lowest BCUT2D eigenvalue weighted by Gasteiger charge is -2.39. The van der Waals surface area contributed by atoms with Gasteiger partial charge in [0.1, 0.15) is 22.8 Å². The van der Waals surface area contributed by atoms with E-state index in [4.69, 9.17) is 4.74 Å². The molecule has 3 heterocycles. The highest BCUT2D eigenvalue weighted by atomic mass is 19.4. The van der Waals surface area contributed by atoms with Crippen molar-refractivity contribution in [3.05, 3.63) is 30.1 Å². The fraction of sp³-hybridized carbons (Fsp3) is 0.524. The molecular formula is C21H22F4N6O2. The molecule has 1 amide bonds. The fourth-order valence-corrected chi connectivity index (χ4v) is 4.21. The van der Waals surface area contributed by atoms with Crippen LogP contribution in [0.1, 0.15) is 12.0 Å². The number of amides is 1. The lowest BCUT2D eigenvalue weighted by Crippen LogP contribution is -2.58. The Morgan fingerprint density at radius 2 is 2.03 bits per heavy atom. The summed E-state index contributed by atoms with van der Waals surface area (Å²) >= 11 is 0. The minimum Gasteiger partial charge on any atom is -0.364 e. The smallest absolute Gasteiger partial charge is 0.364 e. The van der Waals surface area contributed by atoms with Crippen LogP contribution < -0.4 is 10.2 Å². The highest BCUT2D eigenvalue weighted by molar-refractivity contribution is 5.92. The molecule has 0 unspecified atom stereocenters. The number of morpholine rings is 1. The molecule has 1 aromatic heterocycles. The van der Waals surface area contributed by atoms with Crippen molar-refractivity contribution in [3.63, 3.8) is 0 Å². The first kappa shape index (κ1) is 23.1. The number of halogens is 4. The van der Waals surface area contributed by atoms with Crippen LogP contribution in [-0.2, 0) is 9.53 Å². The number of nitrogens with zero attached hydrogens (tertiary/aromatic N) is 5. The van der Waals surface area contributed by atoms with Gasteiger partial charge in [0.25, 0.3) is 5.91 Å². The third-order valence-corrected chi connectivity index (χ3v) is 5.90. The third-order valence-electron chi connectivity index (χ3n) is 5.90. The maximum atomic E-state index is 14.8. The van der Waals surface area contributed by atoms with E-state index in [2.05, 4.69) is 15.3 Å². The Kier molecular flexibility index (Phi) is 6.11. The molecule has 3 atom stereocenters. The number of nitriles is 1. The molecule has 2 aliphatic heterocycles. The molecule has 0 radical (unpaired) electrons. The predicted octanol–water partition coefficient (Wildman–Crippen LogP) is 1.80. The molecule has 0 bridgehead atoms. The number of anilines is 1. The Labute approximate surface area is 187 Å². The van der Waals surface area contributed by atoms with E-state index in [0.717, 1.165) is 0 Å². The molecule has 2 aromatic rings. The quantitative estimate of drug-likeness (QED) is 0.687. The standard InChI is InChI=1S/C21H22F4N6O2/c1-30-7-4-20(22,12-30)11-29-19(32)15-9-31(10-16(33-15)21(23,24)25)14-3-2-13(8-26)17-18(14)28-6-5-27-17/h2-3,5-6,15-16H,4,7,9-12H2,1H3,(H,29,32)/t15-,16+,20+/m0/s1. The van der Waals surface area contributed by atoms with E-state index in [1.54, 1.807) is 11.9 Å². The average Bonchev–Trinajstić information content (AvgIpc) is 3.14. The van der Waals surface area contributed by atoms with Gasteiger partial charge in [0, 0.05) is 25.5 Å². The monoisotopic (exact) mass is 466 g/mol. The SMILES string of the molecule is CN1CC[C@@](F)(CNC(=O)[C@@H]2CN(c3ccc(C#N)c4nccnc34)C[C@H](C(F)(F)F)O2)C1. The molecule has 0 saturated carbocycles. The maximum absolute atomic E-state index is 14.8. The van der Waals surface area contributed by atoms with Gasteiger partial charge in [0.15, 0.2) is 12.2 Å². The van der Waals surface area contributed by atoms with E-state index in [1.807, 2.05) is 6.07 Å². The average molecular weight is 466 g/mol. The number of alkyl halides is 4. The molecule has 2 aliphatic rings. The van der Waals surface area contributed by atoms with Gasteiger partial charge in [-0.2, -0.15) is 18.4 Å². The summed E-state index contributed by atoms with van der Waals surface area (Å²) in [6.07, 6.45) is -5.45. The minimum atomic E-state index is -4.72. The number of rotatable bonds is 4. The topological polar surface area (TPSA) is 94.4 Å². The molecule has 2 saturated heterocycles. The number of ether oxygens (including phenoxy) is 1. The Bertz CT molecular complexity index is 1090. The highest BCUT2D eigenvalue weighted by Crippen LogP contribution is 2.33. The number of hydrogen-bond acceptors (Lipinski definition) is 7. The van der Waals surface area contributed by atoms with Crippen LogP contribution in [0, 0.1) is 11.3 Å². The van der Waals surface area contributed by atoms with Crippen molar-refractivity contribution in [1.29, 1.82) is 5.26 Å². The summed E-state index contributed by atoms with van der Waals surface area (Å²) in [4.78, 5) is 24.2. The Hall–Kier alpha value is -3.04. The van der Waals surface area contributed by atoms with Gasteiger partial charge in [-0.3, -0.25) is 14.8 Å². The molecular weight excluding hydrogens is 444 g/mol. The van der Waals surface area contributed by atoms with Crippen molar-refractivity contribution in [2.45, 2.75) is 30.5 Å². The van der Waals surface area contributed by atoms with E-state index in [0.29, 0.717) is 12.2 Å². The molecule has 2 fully saturated rings. The van der Waals surface area contributed by atoms with E-state index in [1.165, 1.54) is 29.4 Å². The Morgan fingerprint density at radius 3 is 2.67 bits per heavy atom. The molecule has 0 spiro atoms. The third kappa shape index (κ3) is 4.84. The fourth-order valence-electron chi connectivity index (χ4n) is 4.21. The number of nitrogens with one attached hydrogen (secondary N) is 1. The number of aromatic nitrogens is 2. The van der Waals surface area contributed by atoms with Crippen molar-refractivity contribution in [1.82, 2.24) is 20.2 Å². The second-order valence-corrected chi connectivity index (χ2v) is 8.41. The normalized spacial score (nSPS) is 26.4. The zero-order valence-corrected chi connectivity index (χ0v) is 17.8. The van der Waals surface area contributed by atoms with Gasteiger partial charge < -0.3 is 19.9 Å². The lowest BCUT2D eigenvalue weighted by atomic mass is 10.1. The van der Waals surface area contributed by atoms with Gasteiger partial charge in [-0.25, -0.2) is 4.39 Å². The van der Waals surface area contributed by atoms with Crippen molar-refractivity contribution < 1.29 is 27.1 Å². The number of hydrogen-bond donors (Lipinski definition) is 1. The summed E-state index contributed by atoms with van der Waals surface area (Å²) in [5.41, 5.74) is -0.618. The second-order valence-electron chi connectivity index (χ2n) is 8.41. The van der Waals surface area contributed by atoms with Crippen LogP contribution in [0.2, 0.25) is 0 Å². The van der Waals surface area contributed by atoms with Crippen LogP contribution in [0.4, 0.5) is 23.2 Å². The van der Waals surface area contributed by atoms with E-state index in [-0.39, 0.29) is 42.7 Å². The number of fused-ring (bicyclic) bond motifs is 1. The summed E-state index contributed by atoms with van der Waals surface area (Å²) in [6.45, 7) is -0.412. The molecule has 1 aromatic carbocycles. The maximum Gasteiger partial charge on any atom is 0.416 e. The Balaban J connectivity index is 1.59. The van der Waals surface area contributed by atoms with Gasteiger partial charge in [-0.15, -0.1) is 0 Å². The van der Waals surface area contributed by atoms with Gasteiger partial charge in [-0.1, -0.05) is 0 Å². The minimum absolute atomic E-state index is 0.131. The van der Waals surface area contributed by atoms with Gasteiger partial charge >= 0.3 is 6.18 Å². The van der Waals surface area contributed by atoms with Crippen LogP contribution in [0.25, 0.3) is 11.0 Å². The van der Waals surface area contributed by atoms with E-state index < -0.39 is 36.5 Å². The zero-order chi connectivity index (χ0) is 23.8. The number of carbonyl (C=O) groups is 1. The van der Waals surface area contributed by atoms with Gasteiger partial charge in [0.05, 0.1) is 30.9 Å². The predicted molar refractivity (Wildman–Crippen MR) is 110 cm³/mol. The molecule has 33 heavy (non-hydrogen) atoms. The first-order valence-corrected chi connectivity index (χ1v) is 10.4. The molecule has 1 N–H and O–H groups in total. The number of carbonyl (C=O) groups excluding carboxylic acids is 1. The van der Waals surface area contributed by atoms with Crippen molar-refractivity contribution in [2.75, 3.05) is 44.7 Å². The first-order chi connectivity index (χ1) is 15.6.